The van der Waals surface area contributed by atoms with Crippen LogP contribution in [0.1, 0.15) is 11.1 Å². The van der Waals surface area contributed by atoms with Crippen molar-refractivity contribution < 1.29 is 19.7 Å². The van der Waals surface area contributed by atoms with Crippen LogP contribution in [0.4, 0.5) is 0 Å². The van der Waals surface area contributed by atoms with Gasteiger partial charge < -0.3 is 19.7 Å². The maximum absolute atomic E-state index is 11.7. The highest BCUT2D eigenvalue weighted by Crippen LogP contribution is 2.52. The van der Waals surface area contributed by atoms with Gasteiger partial charge in [0.1, 0.15) is 36.9 Å². The molecule has 1 aliphatic carbocycles. The fourth-order valence-electron chi connectivity index (χ4n) is 4.89. The van der Waals surface area contributed by atoms with Gasteiger partial charge in [-0.2, -0.15) is 0 Å². The molecule has 0 aliphatic heterocycles. The Kier molecular flexibility index (Phi) is 5.86. The van der Waals surface area contributed by atoms with E-state index in [9.17, 15) is 10.2 Å². The second-order valence-electron chi connectivity index (χ2n) is 8.24. The Labute approximate surface area is 193 Å². The summed E-state index contributed by atoms with van der Waals surface area (Å²) in [6.45, 7) is 0.0458. The molecule has 0 heterocycles. The summed E-state index contributed by atoms with van der Waals surface area (Å²) in [5.74, 6) is 1.34. The number of aliphatic hydroxyl groups is 2. The summed E-state index contributed by atoms with van der Waals surface area (Å²) < 4.78 is 11.9. The van der Waals surface area contributed by atoms with Crippen LogP contribution < -0.4 is 9.47 Å². The maximum atomic E-state index is 11.7. The Balaban J connectivity index is 1.55. The van der Waals surface area contributed by atoms with Crippen LogP contribution in [-0.4, -0.2) is 35.6 Å². The summed E-state index contributed by atoms with van der Waals surface area (Å²) in [7, 11) is 0. The van der Waals surface area contributed by atoms with E-state index in [4.69, 9.17) is 9.47 Å². The minimum atomic E-state index is -1.10. The van der Waals surface area contributed by atoms with Gasteiger partial charge >= 0.3 is 0 Å². The van der Waals surface area contributed by atoms with Crippen LogP contribution in [0.5, 0.6) is 11.5 Å². The Morgan fingerprint density at radius 2 is 0.879 bits per heavy atom. The van der Waals surface area contributed by atoms with Crippen LogP contribution in [0.25, 0.3) is 11.1 Å². The maximum Gasteiger partial charge on any atom is 0.119 e. The third kappa shape index (κ3) is 3.78. The molecule has 0 bridgehead atoms. The quantitative estimate of drug-likeness (QED) is 0.414. The van der Waals surface area contributed by atoms with Crippen molar-refractivity contribution in [3.05, 3.63) is 120 Å². The molecule has 1 aliphatic rings. The molecule has 0 saturated heterocycles. The van der Waals surface area contributed by atoms with Crippen molar-refractivity contribution in [2.24, 2.45) is 0 Å². The van der Waals surface area contributed by atoms with Gasteiger partial charge in [0.05, 0.1) is 5.41 Å². The third-order valence-electron chi connectivity index (χ3n) is 6.39. The number of ether oxygens (including phenoxy) is 2. The van der Waals surface area contributed by atoms with Gasteiger partial charge in [-0.1, -0.05) is 84.9 Å². The molecule has 2 N–H and O–H groups in total. The molecule has 0 radical (unpaired) electrons. The van der Waals surface area contributed by atoms with Gasteiger partial charge in [0.15, 0.2) is 0 Å². The largest absolute Gasteiger partial charge is 0.491 e. The average Bonchev–Trinajstić information content (AvgIpc) is 3.18. The highest BCUT2D eigenvalue weighted by Gasteiger charge is 2.53. The summed E-state index contributed by atoms with van der Waals surface area (Å²) in [5, 5.41) is 23.4. The standard InChI is InChI=1S/C29H26O4/c30-27(19-32-21-11-3-1-4-12-21)29(28(31)20-33-22-13-5-2-6-14-22)25-17-9-7-15-23(25)24-16-8-10-18-26(24)29/h1-18,27-28,30-31H,19-20H2. The predicted molar refractivity (Wildman–Crippen MR) is 129 cm³/mol. The van der Waals surface area contributed by atoms with Gasteiger partial charge in [-0.05, 0) is 46.5 Å². The normalized spacial score (nSPS) is 15.2. The predicted octanol–water partition coefficient (Wildman–Crippen LogP) is 4.83. The van der Waals surface area contributed by atoms with E-state index in [0.29, 0.717) is 11.5 Å². The summed E-state index contributed by atoms with van der Waals surface area (Å²) in [4.78, 5) is 0. The molecule has 2 unspecified atom stereocenters. The van der Waals surface area contributed by atoms with Crippen LogP contribution in [0.2, 0.25) is 0 Å². The molecule has 0 amide bonds. The fourth-order valence-corrected chi connectivity index (χ4v) is 4.89. The molecule has 5 rings (SSSR count). The zero-order chi connectivity index (χ0) is 22.7. The molecule has 166 valence electrons. The number of aliphatic hydroxyl groups excluding tert-OH is 2. The summed E-state index contributed by atoms with van der Waals surface area (Å²) in [5.41, 5.74) is 2.66. The number of hydrogen-bond donors (Lipinski definition) is 2. The highest BCUT2D eigenvalue weighted by molar-refractivity contribution is 5.82. The van der Waals surface area contributed by atoms with Crippen LogP contribution in [0, 0.1) is 0 Å². The molecule has 4 aromatic carbocycles. The zero-order valence-corrected chi connectivity index (χ0v) is 18.2. The Hall–Kier alpha value is -3.60. The molecule has 0 aromatic heterocycles. The van der Waals surface area contributed by atoms with Gasteiger partial charge in [-0.25, -0.2) is 0 Å². The Bertz CT molecular complexity index is 1110. The van der Waals surface area contributed by atoms with Crippen LogP contribution in [-0.2, 0) is 5.41 Å². The highest BCUT2D eigenvalue weighted by atomic mass is 16.5. The lowest BCUT2D eigenvalue weighted by Crippen LogP contribution is -2.53. The first kappa shape index (κ1) is 21.3. The molecule has 33 heavy (non-hydrogen) atoms. The van der Waals surface area contributed by atoms with Gasteiger partial charge in [0, 0.05) is 0 Å². The van der Waals surface area contributed by atoms with Crippen LogP contribution >= 0.6 is 0 Å². The lowest BCUT2D eigenvalue weighted by Gasteiger charge is -2.40. The topological polar surface area (TPSA) is 58.9 Å². The Morgan fingerprint density at radius 1 is 0.515 bits per heavy atom. The van der Waals surface area contributed by atoms with E-state index in [1.54, 1.807) is 0 Å². The van der Waals surface area contributed by atoms with Gasteiger partial charge in [0.2, 0.25) is 0 Å². The van der Waals surface area contributed by atoms with E-state index in [2.05, 4.69) is 0 Å². The molecule has 4 heteroatoms. The minimum Gasteiger partial charge on any atom is -0.491 e. The number of para-hydroxylation sites is 2. The van der Waals surface area contributed by atoms with Crippen molar-refractivity contribution in [2.75, 3.05) is 13.2 Å². The van der Waals surface area contributed by atoms with Crippen molar-refractivity contribution in [1.29, 1.82) is 0 Å². The van der Waals surface area contributed by atoms with Crippen LogP contribution in [0.3, 0.4) is 0 Å². The first-order chi connectivity index (χ1) is 16.2. The molecule has 0 spiro atoms. The van der Waals surface area contributed by atoms with Gasteiger partial charge in [-0.15, -0.1) is 0 Å². The molecule has 4 nitrogen and oxygen atoms in total. The Morgan fingerprint density at radius 3 is 1.30 bits per heavy atom. The average molecular weight is 439 g/mol. The number of fused-ring (bicyclic) bond motifs is 3. The molecule has 0 saturated carbocycles. The van der Waals surface area contributed by atoms with E-state index >= 15 is 0 Å². The van der Waals surface area contributed by atoms with E-state index in [1.165, 1.54) is 0 Å². The molecule has 2 atom stereocenters. The molecular formula is C29H26O4. The first-order valence-electron chi connectivity index (χ1n) is 11.1. The number of benzene rings is 4. The molecular weight excluding hydrogens is 412 g/mol. The fraction of sp³-hybridized carbons (Fsp3) is 0.172. The molecule has 0 fully saturated rings. The van der Waals surface area contributed by atoms with E-state index in [1.807, 2.05) is 109 Å². The van der Waals surface area contributed by atoms with Crippen molar-refractivity contribution in [2.45, 2.75) is 17.6 Å². The van der Waals surface area contributed by atoms with Crippen molar-refractivity contribution in [3.8, 4) is 22.6 Å². The first-order valence-corrected chi connectivity index (χ1v) is 11.1. The third-order valence-corrected chi connectivity index (χ3v) is 6.39. The lowest BCUT2D eigenvalue weighted by molar-refractivity contribution is -0.0315. The SMILES string of the molecule is OC(COc1ccccc1)C1(C(O)COc2ccccc2)c2ccccc2-c2ccccc21. The lowest BCUT2D eigenvalue weighted by atomic mass is 9.69. The van der Waals surface area contributed by atoms with E-state index in [0.717, 1.165) is 22.3 Å². The van der Waals surface area contributed by atoms with Crippen LogP contribution in [0.15, 0.2) is 109 Å². The minimum absolute atomic E-state index is 0.0229. The van der Waals surface area contributed by atoms with E-state index in [-0.39, 0.29) is 13.2 Å². The zero-order valence-electron chi connectivity index (χ0n) is 18.2. The summed E-state index contributed by atoms with van der Waals surface area (Å²) in [6, 6.07) is 34.7. The molecule has 4 aromatic rings. The van der Waals surface area contributed by atoms with Crippen molar-refractivity contribution >= 4 is 0 Å². The van der Waals surface area contributed by atoms with Gasteiger partial charge in [-0.3, -0.25) is 0 Å². The number of rotatable bonds is 8. The number of hydrogen-bond acceptors (Lipinski definition) is 4. The van der Waals surface area contributed by atoms with Gasteiger partial charge in [0.25, 0.3) is 0 Å². The monoisotopic (exact) mass is 438 g/mol. The summed E-state index contributed by atoms with van der Waals surface area (Å²) >= 11 is 0. The smallest absolute Gasteiger partial charge is 0.119 e. The van der Waals surface area contributed by atoms with Crippen molar-refractivity contribution in [1.82, 2.24) is 0 Å². The summed E-state index contributed by atoms with van der Waals surface area (Å²) in [6.07, 6.45) is -2.03. The van der Waals surface area contributed by atoms with E-state index < -0.39 is 17.6 Å². The second-order valence-corrected chi connectivity index (χ2v) is 8.24. The van der Waals surface area contributed by atoms with Crippen molar-refractivity contribution in [3.63, 3.8) is 0 Å². The second kappa shape index (κ2) is 9.10.